The van der Waals surface area contributed by atoms with Gasteiger partial charge in [0, 0.05) is 13.0 Å². The van der Waals surface area contributed by atoms with Gasteiger partial charge in [-0.3, -0.25) is 4.79 Å². The molecular weight excluding hydrogens is 238 g/mol. The summed E-state index contributed by atoms with van der Waals surface area (Å²) in [4.78, 5) is 13.7. The van der Waals surface area contributed by atoms with E-state index in [1.165, 1.54) is 5.56 Å². The van der Waals surface area contributed by atoms with Crippen molar-refractivity contribution in [2.24, 2.45) is 0 Å². The first-order valence-corrected chi connectivity index (χ1v) is 6.59. The molecule has 19 heavy (non-hydrogen) atoms. The van der Waals surface area contributed by atoms with E-state index in [-0.39, 0.29) is 11.9 Å². The van der Waals surface area contributed by atoms with Gasteiger partial charge < -0.3 is 9.64 Å². The van der Waals surface area contributed by atoms with Crippen LogP contribution in [0.1, 0.15) is 25.3 Å². The largest absolute Gasteiger partial charge is 0.497 e. The molecule has 1 aromatic rings. The lowest BCUT2D eigenvalue weighted by Gasteiger charge is -2.20. The van der Waals surface area contributed by atoms with E-state index in [4.69, 9.17) is 4.74 Å². The predicted octanol–water partition coefficient (Wildman–Crippen LogP) is 2.25. The molecule has 1 unspecified atom stereocenters. The van der Waals surface area contributed by atoms with Gasteiger partial charge in [-0.05, 0) is 37.5 Å². The molecule has 1 amide bonds. The van der Waals surface area contributed by atoms with E-state index >= 15 is 0 Å². The zero-order valence-electron chi connectivity index (χ0n) is 11.5. The van der Waals surface area contributed by atoms with Crippen molar-refractivity contribution >= 4 is 5.91 Å². The van der Waals surface area contributed by atoms with Crippen LogP contribution in [0.25, 0.3) is 0 Å². The van der Waals surface area contributed by atoms with Gasteiger partial charge in [-0.2, -0.15) is 0 Å². The van der Waals surface area contributed by atoms with Crippen molar-refractivity contribution in [2.45, 2.75) is 32.2 Å². The van der Waals surface area contributed by atoms with Crippen LogP contribution in [0.4, 0.5) is 0 Å². The number of carbonyl (C=O) groups is 1. The minimum Gasteiger partial charge on any atom is -0.497 e. The third-order valence-electron chi connectivity index (χ3n) is 3.44. The van der Waals surface area contributed by atoms with Gasteiger partial charge >= 0.3 is 0 Å². The first kappa shape index (κ1) is 13.5. The maximum Gasteiger partial charge on any atom is 0.223 e. The van der Waals surface area contributed by atoms with Crippen molar-refractivity contribution in [3.63, 3.8) is 0 Å². The Morgan fingerprint density at radius 2 is 2.11 bits per heavy atom. The van der Waals surface area contributed by atoms with Gasteiger partial charge in [-0.15, -0.1) is 5.92 Å². The molecule has 3 nitrogen and oxygen atoms in total. The molecule has 0 bridgehead atoms. The summed E-state index contributed by atoms with van der Waals surface area (Å²) in [5, 5.41) is 0. The molecule has 1 aliphatic heterocycles. The van der Waals surface area contributed by atoms with Crippen LogP contribution in [0.5, 0.6) is 5.75 Å². The van der Waals surface area contributed by atoms with Crippen molar-refractivity contribution in [1.82, 2.24) is 4.90 Å². The average Bonchev–Trinajstić information content (AvgIpc) is 2.78. The number of benzene rings is 1. The maximum atomic E-state index is 11.8. The third kappa shape index (κ3) is 3.29. The Morgan fingerprint density at radius 1 is 1.37 bits per heavy atom. The first-order valence-electron chi connectivity index (χ1n) is 6.59. The maximum absolute atomic E-state index is 11.8. The van der Waals surface area contributed by atoms with E-state index in [9.17, 15) is 4.79 Å². The Labute approximate surface area is 114 Å². The van der Waals surface area contributed by atoms with Gasteiger partial charge in [0.05, 0.1) is 13.2 Å². The number of carbonyl (C=O) groups excluding carboxylic acids is 1. The van der Waals surface area contributed by atoms with Gasteiger partial charge in [-0.1, -0.05) is 18.1 Å². The fourth-order valence-corrected chi connectivity index (χ4v) is 2.37. The van der Waals surface area contributed by atoms with Gasteiger partial charge in [0.15, 0.2) is 0 Å². The third-order valence-corrected chi connectivity index (χ3v) is 3.44. The normalized spacial score (nSPS) is 18.1. The second-order valence-electron chi connectivity index (χ2n) is 4.63. The molecule has 1 saturated heterocycles. The molecule has 0 spiro atoms. The van der Waals surface area contributed by atoms with Crippen molar-refractivity contribution in [3.05, 3.63) is 29.8 Å². The summed E-state index contributed by atoms with van der Waals surface area (Å²) >= 11 is 0. The summed E-state index contributed by atoms with van der Waals surface area (Å²) in [6, 6.07) is 8.09. The molecule has 1 fully saturated rings. The minimum absolute atomic E-state index is 0.107. The average molecular weight is 257 g/mol. The molecule has 100 valence electrons. The van der Waals surface area contributed by atoms with Crippen molar-refractivity contribution in [1.29, 1.82) is 0 Å². The quantitative estimate of drug-likeness (QED) is 0.774. The fraction of sp³-hybridized carbons (Fsp3) is 0.438. The summed E-state index contributed by atoms with van der Waals surface area (Å²) in [6.45, 7) is 2.56. The lowest BCUT2D eigenvalue weighted by molar-refractivity contribution is -0.128. The molecule has 0 radical (unpaired) electrons. The number of ether oxygens (including phenoxy) is 1. The summed E-state index contributed by atoms with van der Waals surface area (Å²) < 4.78 is 5.13. The number of rotatable bonds is 4. The Hall–Kier alpha value is -1.95. The summed E-state index contributed by atoms with van der Waals surface area (Å²) in [7, 11) is 1.66. The van der Waals surface area contributed by atoms with E-state index in [0.29, 0.717) is 6.42 Å². The van der Waals surface area contributed by atoms with E-state index < -0.39 is 0 Å². The Bertz CT molecular complexity index is 496. The summed E-state index contributed by atoms with van der Waals surface area (Å²) in [5.41, 5.74) is 1.21. The van der Waals surface area contributed by atoms with Crippen molar-refractivity contribution in [3.8, 4) is 17.6 Å². The zero-order chi connectivity index (χ0) is 13.7. The molecule has 2 rings (SSSR count). The second kappa shape index (κ2) is 6.29. The first-order chi connectivity index (χ1) is 9.24. The van der Waals surface area contributed by atoms with Gasteiger partial charge in [0.1, 0.15) is 5.75 Å². The number of likely N-dealkylation sites (tertiary alicyclic amines) is 1. The highest BCUT2D eigenvalue weighted by Crippen LogP contribution is 2.19. The second-order valence-corrected chi connectivity index (χ2v) is 4.63. The minimum atomic E-state index is 0.107. The molecule has 1 aromatic carbocycles. The van der Waals surface area contributed by atoms with E-state index in [2.05, 4.69) is 11.8 Å². The van der Waals surface area contributed by atoms with Crippen LogP contribution in [0, 0.1) is 11.8 Å². The standard InChI is InChI=1S/C16H19NO2/c1-3-4-14-7-10-16(18)17(14)12-11-13-5-8-15(19-2)9-6-13/h5-6,8-9,14H,7,10-12H2,1-2H3. The summed E-state index contributed by atoms with van der Waals surface area (Å²) in [5.74, 6) is 7.11. The Balaban J connectivity index is 1.95. The van der Waals surface area contributed by atoms with Crippen LogP contribution >= 0.6 is 0 Å². The van der Waals surface area contributed by atoms with E-state index in [0.717, 1.165) is 25.1 Å². The lowest BCUT2D eigenvalue weighted by atomic mass is 10.1. The molecule has 3 heteroatoms. The highest BCUT2D eigenvalue weighted by Gasteiger charge is 2.28. The van der Waals surface area contributed by atoms with Crippen LogP contribution in [0.2, 0.25) is 0 Å². The monoisotopic (exact) mass is 257 g/mol. The van der Waals surface area contributed by atoms with Crippen molar-refractivity contribution < 1.29 is 9.53 Å². The van der Waals surface area contributed by atoms with Gasteiger partial charge in [0.25, 0.3) is 0 Å². The number of nitrogens with zero attached hydrogens (tertiary/aromatic N) is 1. The number of hydrogen-bond acceptors (Lipinski definition) is 2. The summed E-state index contributed by atoms with van der Waals surface area (Å²) in [6.07, 6.45) is 2.35. The Morgan fingerprint density at radius 3 is 2.74 bits per heavy atom. The lowest BCUT2D eigenvalue weighted by Crippen LogP contribution is -2.33. The molecule has 1 aliphatic rings. The smallest absolute Gasteiger partial charge is 0.223 e. The molecule has 0 aromatic heterocycles. The molecule has 0 saturated carbocycles. The van der Waals surface area contributed by atoms with E-state index in [1.807, 2.05) is 36.1 Å². The molecule has 0 aliphatic carbocycles. The van der Waals surface area contributed by atoms with Crippen LogP contribution in [0.3, 0.4) is 0 Å². The highest BCUT2D eigenvalue weighted by atomic mass is 16.5. The number of methoxy groups -OCH3 is 1. The SMILES string of the molecule is CC#CC1CCC(=O)N1CCc1ccc(OC)cc1. The molecular formula is C16H19NO2. The molecule has 1 heterocycles. The van der Waals surface area contributed by atoms with E-state index in [1.54, 1.807) is 7.11 Å². The van der Waals surface area contributed by atoms with Crippen LogP contribution in [-0.4, -0.2) is 30.5 Å². The Kier molecular flexibility index (Phi) is 4.46. The zero-order valence-corrected chi connectivity index (χ0v) is 11.5. The van der Waals surface area contributed by atoms with Crippen LogP contribution in [-0.2, 0) is 11.2 Å². The van der Waals surface area contributed by atoms with Crippen LogP contribution < -0.4 is 4.74 Å². The van der Waals surface area contributed by atoms with Crippen LogP contribution in [0.15, 0.2) is 24.3 Å². The fourth-order valence-electron chi connectivity index (χ4n) is 2.37. The van der Waals surface area contributed by atoms with Gasteiger partial charge in [0.2, 0.25) is 5.91 Å². The number of hydrogen-bond donors (Lipinski definition) is 0. The molecule has 1 atom stereocenters. The van der Waals surface area contributed by atoms with Crippen molar-refractivity contribution in [2.75, 3.05) is 13.7 Å². The number of amides is 1. The molecule has 0 N–H and O–H groups in total. The topological polar surface area (TPSA) is 29.5 Å². The van der Waals surface area contributed by atoms with Gasteiger partial charge in [-0.25, -0.2) is 0 Å². The predicted molar refractivity (Wildman–Crippen MR) is 74.9 cm³/mol. The highest BCUT2D eigenvalue weighted by molar-refractivity contribution is 5.79.